The van der Waals surface area contributed by atoms with Crippen molar-refractivity contribution in [2.45, 2.75) is 19.3 Å². The molecule has 0 unspecified atom stereocenters. The van der Waals surface area contributed by atoms with Crippen LogP contribution in [-0.4, -0.2) is 31.1 Å². The van der Waals surface area contributed by atoms with Gasteiger partial charge in [-0.05, 0) is 48.6 Å². The van der Waals surface area contributed by atoms with Crippen molar-refractivity contribution in [3.05, 3.63) is 71.7 Å². The number of rotatable bonds is 7. The third kappa shape index (κ3) is 4.85. The molecule has 3 rings (SSSR count). The van der Waals surface area contributed by atoms with E-state index in [9.17, 15) is 4.39 Å². The number of guanidine groups is 1. The van der Waals surface area contributed by atoms with E-state index in [0.29, 0.717) is 0 Å². The second-order valence-corrected chi connectivity index (χ2v) is 6.27. The Balaban J connectivity index is 1.38. The van der Waals surface area contributed by atoms with Gasteiger partial charge < -0.3 is 15.6 Å². The Bertz CT molecular complexity index is 852. The summed E-state index contributed by atoms with van der Waals surface area (Å²) in [4.78, 5) is 7.56. The van der Waals surface area contributed by atoms with Crippen LogP contribution in [0, 0.1) is 5.82 Å². The standard InChI is InChI=1S/C21H25FN4/c1-23-21(25-14-12-16-8-10-18(22)11-9-16)24-13-4-5-17-15-26-20-7-3-2-6-19(17)20/h2-3,6-11,15,26H,4-5,12-14H2,1H3,(H2,23,24,25). The molecule has 0 aliphatic carbocycles. The molecule has 1 heterocycles. The molecule has 0 aliphatic rings. The van der Waals surface area contributed by atoms with Gasteiger partial charge in [0.05, 0.1) is 0 Å². The Morgan fingerprint density at radius 2 is 1.77 bits per heavy atom. The smallest absolute Gasteiger partial charge is 0.190 e. The molecule has 1 aromatic heterocycles. The van der Waals surface area contributed by atoms with E-state index in [2.05, 4.69) is 45.0 Å². The highest BCUT2D eigenvalue weighted by Crippen LogP contribution is 2.18. The summed E-state index contributed by atoms with van der Waals surface area (Å²) in [6.45, 7) is 1.61. The van der Waals surface area contributed by atoms with E-state index >= 15 is 0 Å². The lowest BCUT2D eigenvalue weighted by Crippen LogP contribution is -2.38. The van der Waals surface area contributed by atoms with Gasteiger partial charge in [0.15, 0.2) is 5.96 Å². The Labute approximate surface area is 153 Å². The third-order valence-electron chi connectivity index (χ3n) is 4.43. The van der Waals surface area contributed by atoms with E-state index in [1.165, 1.54) is 28.6 Å². The summed E-state index contributed by atoms with van der Waals surface area (Å²) in [7, 11) is 1.77. The maximum Gasteiger partial charge on any atom is 0.190 e. The lowest BCUT2D eigenvalue weighted by molar-refractivity contribution is 0.626. The molecule has 0 aliphatic heterocycles. The molecule has 0 radical (unpaired) electrons. The van der Waals surface area contributed by atoms with Crippen LogP contribution >= 0.6 is 0 Å². The summed E-state index contributed by atoms with van der Waals surface area (Å²) in [6.07, 6.45) is 4.97. The van der Waals surface area contributed by atoms with Crippen molar-refractivity contribution in [1.82, 2.24) is 15.6 Å². The van der Waals surface area contributed by atoms with Crippen LogP contribution in [0.15, 0.2) is 59.7 Å². The van der Waals surface area contributed by atoms with Crippen LogP contribution in [0.4, 0.5) is 4.39 Å². The second-order valence-electron chi connectivity index (χ2n) is 6.27. The number of benzene rings is 2. The minimum Gasteiger partial charge on any atom is -0.361 e. The molecule has 0 amide bonds. The molecule has 0 fully saturated rings. The topological polar surface area (TPSA) is 52.2 Å². The van der Waals surface area contributed by atoms with E-state index in [4.69, 9.17) is 0 Å². The zero-order valence-electron chi connectivity index (χ0n) is 15.1. The number of aryl methyl sites for hydroxylation is 1. The molecule has 3 N–H and O–H groups in total. The van der Waals surface area contributed by atoms with E-state index < -0.39 is 0 Å². The highest BCUT2D eigenvalue weighted by Gasteiger charge is 2.03. The SMILES string of the molecule is CN=C(NCCCc1c[nH]c2ccccc12)NCCc1ccc(F)cc1. The van der Waals surface area contributed by atoms with Gasteiger partial charge in [-0.15, -0.1) is 0 Å². The van der Waals surface area contributed by atoms with Crippen molar-refractivity contribution >= 4 is 16.9 Å². The molecule has 0 spiro atoms. The van der Waals surface area contributed by atoms with Gasteiger partial charge in [0.25, 0.3) is 0 Å². The predicted molar refractivity (Wildman–Crippen MR) is 106 cm³/mol. The summed E-state index contributed by atoms with van der Waals surface area (Å²) in [5.74, 6) is 0.598. The number of nitrogens with one attached hydrogen (secondary N) is 3. The van der Waals surface area contributed by atoms with Gasteiger partial charge in [0.2, 0.25) is 0 Å². The maximum absolute atomic E-state index is 12.9. The number of aromatic nitrogens is 1. The average molecular weight is 352 g/mol. The first-order valence-corrected chi connectivity index (χ1v) is 9.00. The number of H-pyrrole nitrogens is 1. The van der Waals surface area contributed by atoms with Gasteiger partial charge in [-0.3, -0.25) is 4.99 Å². The van der Waals surface area contributed by atoms with Crippen molar-refractivity contribution in [2.24, 2.45) is 4.99 Å². The van der Waals surface area contributed by atoms with Crippen LogP contribution in [0.3, 0.4) is 0 Å². The third-order valence-corrected chi connectivity index (χ3v) is 4.43. The van der Waals surface area contributed by atoms with Crippen molar-refractivity contribution in [1.29, 1.82) is 0 Å². The van der Waals surface area contributed by atoms with Gasteiger partial charge >= 0.3 is 0 Å². The summed E-state index contributed by atoms with van der Waals surface area (Å²) in [5.41, 5.74) is 3.64. The number of aromatic amines is 1. The fourth-order valence-electron chi connectivity index (χ4n) is 3.02. The molecule has 136 valence electrons. The summed E-state index contributed by atoms with van der Waals surface area (Å²) >= 11 is 0. The Kier molecular flexibility index (Phi) is 6.25. The van der Waals surface area contributed by atoms with Crippen molar-refractivity contribution in [3.8, 4) is 0 Å². The largest absolute Gasteiger partial charge is 0.361 e. The Morgan fingerprint density at radius 1 is 1.00 bits per heavy atom. The Morgan fingerprint density at radius 3 is 2.58 bits per heavy atom. The van der Waals surface area contributed by atoms with E-state index in [1.807, 2.05) is 18.2 Å². The number of fused-ring (bicyclic) bond motifs is 1. The zero-order valence-corrected chi connectivity index (χ0v) is 15.1. The van der Waals surface area contributed by atoms with Crippen LogP contribution in [0.2, 0.25) is 0 Å². The fraction of sp³-hybridized carbons (Fsp3) is 0.286. The van der Waals surface area contributed by atoms with Gasteiger partial charge in [-0.2, -0.15) is 0 Å². The van der Waals surface area contributed by atoms with Crippen molar-refractivity contribution in [2.75, 3.05) is 20.1 Å². The van der Waals surface area contributed by atoms with Crippen molar-refractivity contribution in [3.63, 3.8) is 0 Å². The summed E-state index contributed by atoms with van der Waals surface area (Å²) in [5, 5.41) is 7.94. The molecular weight excluding hydrogens is 327 g/mol. The monoisotopic (exact) mass is 352 g/mol. The number of aliphatic imine (C=N–C) groups is 1. The number of hydrogen-bond donors (Lipinski definition) is 3. The highest BCUT2D eigenvalue weighted by molar-refractivity contribution is 5.83. The van der Waals surface area contributed by atoms with Crippen LogP contribution in [0.1, 0.15) is 17.5 Å². The molecule has 0 atom stereocenters. The number of hydrogen-bond acceptors (Lipinski definition) is 1. The fourth-order valence-corrected chi connectivity index (χ4v) is 3.02. The molecular formula is C21H25FN4. The minimum absolute atomic E-state index is 0.200. The normalized spacial score (nSPS) is 11.7. The molecule has 26 heavy (non-hydrogen) atoms. The van der Waals surface area contributed by atoms with E-state index in [-0.39, 0.29) is 5.82 Å². The van der Waals surface area contributed by atoms with Crippen LogP contribution in [0.25, 0.3) is 10.9 Å². The van der Waals surface area contributed by atoms with Gasteiger partial charge in [-0.1, -0.05) is 30.3 Å². The summed E-state index contributed by atoms with van der Waals surface area (Å²) < 4.78 is 12.9. The first-order valence-electron chi connectivity index (χ1n) is 9.00. The number of nitrogens with zero attached hydrogens (tertiary/aromatic N) is 1. The molecule has 0 bridgehead atoms. The minimum atomic E-state index is -0.200. The predicted octanol–water partition coefficient (Wildman–Crippen LogP) is 3.65. The van der Waals surface area contributed by atoms with Gasteiger partial charge in [-0.25, -0.2) is 4.39 Å². The molecule has 0 saturated heterocycles. The van der Waals surface area contributed by atoms with E-state index in [0.717, 1.165) is 43.9 Å². The first kappa shape index (κ1) is 18.0. The Hall–Kier alpha value is -2.82. The number of para-hydroxylation sites is 1. The second kappa shape index (κ2) is 9.04. The first-order chi connectivity index (χ1) is 12.8. The molecule has 0 saturated carbocycles. The lowest BCUT2D eigenvalue weighted by atomic mass is 10.1. The van der Waals surface area contributed by atoms with Crippen LogP contribution in [0.5, 0.6) is 0 Å². The van der Waals surface area contributed by atoms with Crippen molar-refractivity contribution < 1.29 is 4.39 Å². The van der Waals surface area contributed by atoms with Crippen LogP contribution in [-0.2, 0) is 12.8 Å². The molecule has 2 aromatic carbocycles. The molecule has 5 heteroatoms. The average Bonchev–Trinajstić information content (AvgIpc) is 3.08. The van der Waals surface area contributed by atoms with Gasteiger partial charge in [0, 0.05) is 37.2 Å². The highest BCUT2D eigenvalue weighted by atomic mass is 19.1. The molecule has 4 nitrogen and oxygen atoms in total. The van der Waals surface area contributed by atoms with E-state index in [1.54, 1.807) is 7.05 Å². The zero-order chi connectivity index (χ0) is 18.2. The lowest BCUT2D eigenvalue weighted by Gasteiger charge is -2.11. The quantitative estimate of drug-likeness (QED) is 0.345. The molecule has 3 aromatic rings. The summed E-state index contributed by atoms with van der Waals surface area (Å²) in [6, 6.07) is 15.0. The van der Waals surface area contributed by atoms with Gasteiger partial charge in [0.1, 0.15) is 5.82 Å². The maximum atomic E-state index is 12.9. The number of halogens is 1. The van der Waals surface area contributed by atoms with Crippen LogP contribution < -0.4 is 10.6 Å².